The van der Waals surface area contributed by atoms with Crippen molar-refractivity contribution in [1.82, 2.24) is 4.90 Å². The molecule has 0 radical (unpaired) electrons. The maximum Gasteiger partial charge on any atom is 0.0639 e. The quantitative estimate of drug-likeness (QED) is 0.907. The average Bonchev–Trinajstić information content (AvgIpc) is 2.49. The minimum atomic E-state index is 0.243. The Balaban J connectivity index is 1.91. The molecule has 1 aliphatic heterocycles. The Labute approximate surface area is 127 Å². The lowest BCUT2D eigenvalue weighted by molar-refractivity contribution is 0.157. The van der Waals surface area contributed by atoms with E-state index in [1.807, 2.05) is 12.1 Å². The maximum absolute atomic E-state index is 6.27. The largest absolute Gasteiger partial charge is 0.368 e. The molecule has 1 aromatic rings. The fourth-order valence-electron chi connectivity index (χ4n) is 2.72. The van der Waals surface area contributed by atoms with Crippen molar-refractivity contribution < 1.29 is 0 Å². The predicted octanol–water partition coefficient (Wildman–Crippen LogP) is 2.84. The molecule has 1 heterocycles. The fourth-order valence-corrected chi connectivity index (χ4v) is 2.97. The summed E-state index contributed by atoms with van der Waals surface area (Å²) in [7, 11) is 0. The van der Waals surface area contributed by atoms with E-state index >= 15 is 0 Å². The Kier molecular flexibility index (Phi) is 5.30. The van der Waals surface area contributed by atoms with Crippen LogP contribution in [0.1, 0.15) is 20.3 Å². The minimum Gasteiger partial charge on any atom is -0.368 e. The van der Waals surface area contributed by atoms with Crippen LogP contribution in [0.3, 0.4) is 0 Å². The number of rotatable bonds is 5. The topological polar surface area (TPSA) is 32.5 Å². The number of nitrogens with two attached hydrogens (primary N) is 1. The molecule has 1 fully saturated rings. The van der Waals surface area contributed by atoms with Crippen LogP contribution < -0.4 is 10.6 Å². The van der Waals surface area contributed by atoms with Gasteiger partial charge >= 0.3 is 0 Å². The molecule has 1 unspecified atom stereocenters. The molecule has 1 aliphatic rings. The molecule has 1 saturated heterocycles. The van der Waals surface area contributed by atoms with Gasteiger partial charge in [-0.3, -0.25) is 4.90 Å². The standard InChI is InChI=1S/C16H26ClN3/c1-3-16(2,12-18)13-19-8-10-20(11-9-19)15-7-5-4-6-14(15)17/h4-7H,3,8-13,18H2,1-2H3. The van der Waals surface area contributed by atoms with Crippen LogP contribution in [0.5, 0.6) is 0 Å². The first-order chi connectivity index (χ1) is 9.58. The molecule has 1 atom stereocenters. The third-order valence-electron chi connectivity index (χ3n) is 4.52. The highest BCUT2D eigenvalue weighted by atomic mass is 35.5. The Hall–Kier alpha value is -0.770. The molecule has 0 saturated carbocycles. The van der Waals surface area contributed by atoms with Gasteiger partial charge < -0.3 is 10.6 Å². The zero-order valence-electron chi connectivity index (χ0n) is 12.6. The SMILES string of the molecule is CCC(C)(CN)CN1CCN(c2ccccc2Cl)CC1. The van der Waals surface area contributed by atoms with Gasteiger partial charge in [-0.2, -0.15) is 0 Å². The first-order valence-electron chi connectivity index (χ1n) is 7.50. The normalized spacial score (nSPS) is 19.9. The molecule has 3 nitrogen and oxygen atoms in total. The van der Waals surface area contributed by atoms with Crippen molar-refractivity contribution in [3.05, 3.63) is 29.3 Å². The highest BCUT2D eigenvalue weighted by Gasteiger charge is 2.26. The summed E-state index contributed by atoms with van der Waals surface area (Å²) in [6.45, 7) is 10.6. The van der Waals surface area contributed by atoms with Crippen LogP contribution in [0, 0.1) is 5.41 Å². The number of hydrogen-bond acceptors (Lipinski definition) is 3. The van der Waals surface area contributed by atoms with Gasteiger partial charge in [0.25, 0.3) is 0 Å². The van der Waals surface area contributed by atoms with E-state index in [9.17, 15) is 0 Å². The van der Waals surface area contributed by atoms with E-state index in [4.69, 9.17) is 17.3 Å². The molecule has 0 amide bonds. The summed E-state index contributed by atoms with van der Waals surface area (Å²) in [6, 6.07) is 8.10. The van der Waals surface area contributed by atoms with Crippen molar-refractivity contribution in [2.24, 2.45) is 11.1 Å². The average molecular weight is 296 g/mol. The van der Waals surface area contributed by atoms with Gasteiger partial charge in [-0.1, -0.05) is 37.6 Å². The monoisotopic (exact) mass is 295 g/mol. The van der Waals surface area contributed by atoms with Crippen LogP contribution >= 0.6 is 11.6 Å². The van der Waals surface area contributed by atoms with Crippen LogP contribution in [0.2, 0.25) is 5.02 Å². The molecule has 20 heavy (non-hydrogen) atoms. The van der Waals surface area contributed by atoms with E-state index in [1.165, 1.54) is 0 Å². The molecule has 112 valence electrons. The highest BCUT2D eigenvalue weighted by Crippen LogP contribution is 2.27. The highest BCUT2D eigenvalue weighted by molar-refractivity contribution is 6.33. The van der Waals surface area contributed by atoms with E-state index < -0.39 is 0 Å². The summed E-state index contributed by atoms with van der Waals surface area (Å²) in [4.78, 5) is 4.91. The van der Waals surface area contributed by atoms with Crippen molar-refractivity contribution in [3.63, 3.8) is 0 Å². The van der Waals surface area contributed by atoms with Crippen LogP contribution in [-0.4, -0.2) is 44.2 Å². The zero-order chi connectivity index (χ0) is 14.6. The molecular weight excluding hydrogens is 270 g/mol. The second-order valence-electron chi connectivity index (χ2n) is 6.08. The third kappa shape index (κ3) is 3.66. The van der Waals surface area contributed by atoms with Gasteiger partial charge in [-0.25, -0.2) is 0 Å². The van der Waals surface area contributed by atoms with E-state index in [0.29, 0.717) is 0 Å². The van der Waals surface area contributed by atoms with Gasteiger partial charge in [0.15, 0.2) is 0 Å². The summed E-state index contributed by atoms with van der Waals surface area (Å²) in [5.74, 6) is 0. The first-order valence-corrected chi connectivity index (χ1v) is 7.88. The number of halogens is 1. The molecule has 2 rings (SSSR count). The lowest BCUT2D eigenvalue weighted by Crippen LogP contribution is -2.50. The fraction of sp³-hybridized carbons (Fsp3) is 0.625. The van der Waals surface area contributed by atoms with Gasteiger partial charge in [-0.15, -0.1) is 0 Å². The number of hydrogen-bond donors (Lipinski definition) is 1. The Bertz CT molecular complexity index is 423. The van der Waals surface area contributed by atoms with Crippen LogP contribution in [-0.2, 0) is 0 Å². The summed E-state index contributed by atoms with van der Waals surface area (Å²) in [5, 5.41) is 0.848. The van der Waals surface area contributed by atoms with Gasteiger partial charge in [0, 0.05) is 32.7 Å². The van der Waals surface area contributed by atoms with Crippen LogP contribution in [0.25, 0.3) is 0 Å². The smallest absolute Gasteiger partial charge is 0.0639 e. The van der Waals surface area contributed by atoms with Crippen molar-refractivity contribution >= 4 is 17.3 Å². The molecule has 4 heteroatoms. The molecular formula is C16H26ClN3. The zero-order valence-corrected chi connectivity index (χ0v) is 13.4. The maximum atomic E-state index is 6.27. The number of nitrogens with zero attached hydrogens (tertiary/aromatic N) is 2. The van der Waals surface area contributed by atoms with E-state index in [-0.39, 0.29) is 5.41 Å². The van der Waals surface area contributed by atoms with E-state index in [1.54, 1.807) is 0 Å². The number of benzene rings is 1. The predicted molar refractivity (Wildman–Crippen MR) is 87.6 cm³/mol. The summed E-state index contributed by atoms with van der Waals surface area (Å²) in [6.07, 6.45) is 1.13. The Morgan fingerprint density at radius 3 is 2.40 bits per heavy atom. The molecule has 0 aromatic heterocycles. The lowest BCUT2D eigenvalue weighted by atomic mass is 9.87. The first kappa shape index (κ1) is 15.6. The minimum absolute atomic E-state index is 0.243. The lowest BCUT2D eigenvalue weighted by Gasteiger charge is -2.40. The van der Waals surface area contributed by atoms with Gasteiger partial charge in [0.2, 0.25) is 0 Å². The number of anilines is 1. The van der Waals surface area contributed by atoms with Gasteiger partial charge in [0.1, 0.15) is 0 Å². The number of para-hydroxylation sites is 1. The molecule has 0 bridgehead atoms. The Morgan fingerprint density at radius 2 is 1.85 bits per heavy atom. The molecule has 1 aromatic carbocycles. The van der Waals surface area contributed by atoms with E-state index in [2.05, 4.69) is 35.8 Å². The number of piperazine rings is 1. The van der Waals surface area contributed by atoms with Crippen LogP contribution in [0.4, 0.5) is 5.69 Å². The van der Waals surface area contributed by atoms with Gasteiger partial charge in [-0.05, 0) is 30.5 Å². The second-order valence-corrected chi connectivity index (χ2v) is 6.49. The summed E-state index contributed by atoms with van der Waals surface area (Å²) in [5.41, 5.74) is 7.32. The Morgan fingerprint density at radius 1 is 1.20 bits per heavy atom. The molecule has 0 aliphatic carbocycles. The summed E-state index contributed by atoms with van der Waals surface area (Å²) >= 11 is 6.27. The summed E-state index contributed by atoms with van der Waals surface area (Å²) < 4.78 is 0. The molecule has 0 spiro atoms. The second kappa shape index (κ2) is 6.79. The van der Waals surface area contributed by atoms with Crippen molar-refractivity contribution in [1.29, 1.82) is 0 Å². The van der Waals surface area contributed by atoms with E-state index in [0.717, 1.165) is 56.4 Å². The van der Waals surface area contributed by atoms with Crippen molar-refractivity contribution in [3.8, 4) is 0 Å². The van der Waals surface area contributed by atoms with Crippen LogP contribution in [0.15, 0.2) is 24.3 Å². The molecule has 2 N–H and O–H groups in total. The van der Waals surface area contributed by atoms with Gasteiger partial charge in [0.05, 0.1) is 10.7 Å². The van der Waals surface area contributed by atoms with Crippen molar-refractivity contribution in [2.75, 3.05) is 44.2 Å². The third-order valence-corrected chi connectivity index (χ3v) is 4.84. The van der Waals surface area contributed by atoms with Crippen molar-refractivity contribution in [2.45, 2.75) is 20.3 Å².